The standard InChI is InChI=1S/C18H18Cl2N4O2/c1-18(2,3)26-17(25)21-9-11-4-6-12(7-5-11)24-14(19)8-13-15(20)22-10-23-16(13)24/h4-8,10H,9H2,1-3H3,(H,21,25). The third-order valence-electron chi connectivity index (χ3n) is 3.53. The average molecular weight is 393 g/mol. The van der Waals surface area contributed by atoms with Crippen LogP contribution in [0.4, 0.5) is 4.79 Å². The number of benzene rings is 1. The fourth-order valence-electron chi connectivity index (χ4n) is 2.45. The SMILES string of the molecule is CC(C)(C)OC(=O)NCc1ccc(-n2c(Cl)cc3c(Cl)ncnc32)cc1. The number of amides is 1. The maximum Gasteiger partial charge on any atom is 0.407 e. The predicted octanol–water partition coefficient (Wildman–Crippen LogP) is 4.75. The van der Waals surface area contributed by atoms with E-state index in [1.807, 2.05) is 45.0 Å². The van der Waals surface area contributed by atoms with E-state index < -0.39 is 11.7 Å². The molecule has 26 heavy (non-hydrogen) atoms. The molecule has 1 N–H and O–H groups in total. The van der Waals surface area contributed by atoms with Crippen LogP contribution < -0.4 is 5.32 Å². The van der Waals surface area contributed by atoms with Crippen LogP contribution in [0.25, 0.3) is 16.7 Å². The van der Waals surface area contributed by atoms with Crippen molar-refractivity contribution >= 4 is 40.3 Å². The lowest BCUT2D eigenvalue weighted by Crippen LogP contribution is -2.32. The molecule has 0 aliphatic rings. The number of nitrogens with one attached hydrogen (secondary N) is 1. The minimum Gasteiger partial charge on any atom is -0.444 e. The van der Waals surface area contributed by atoms with Crippen molar-refractivity contribution in [1.29, 1.82) is 0 Å². The molecule has 0 radical (unpaired) electrons. The number of fused-ring (bicyclic) bond motifs is 1. The van der Waals surface area contributed by atoms with Gasteiger partial charge in [0.2, 0.25) is 0 Å². The first-order valence-electron chi connectivity index (χ1n) is 7.98. The molecular weight excluding hydrogens is 375 g/mol. The van der Waals surface area contributed by atoms with E-state index in [0.29, 0.717) is 27.9 Å². The van der Waals surface area contributed by atoms with E-state index in [9.17, 15) is 4.79 Å². The Bertz CT molecular complexity index is 946. The highest BCUT2D eigenvalue weighted by atomic mass is 35.5. The summed E-state index contributed by atoms with van der Waals surface area (Å²) in [6, 6.07) is 9.33. The molecule has 3 rings (SSSR count). The van der Waals surface area contributed by atoms with E-state index in [0.717, 1.165) is 11.3 Å². The molecule has 0 unspecified atom stereocenters. The molecule has 0 bridgehead atoms. The molecule has 0 saturated carbocycles. The quantitative estimate of drug-likeness (QED) is 0.652. The van der Waals surface area contributed by atoms with Crippen molar-refractivity contribution in [2.24, 2.45) is 0 Å². The molecule has 0 saturated heterocycles. The van der Waals surface area contributed by atoms with Gasteiger partial charge in [-0.3, -0.25) is 4.57 Å². The van der Waals surface area contributed by atoms with Gasteiger partial charge in [-0.2, -0.15) is 0 Å². The summed E-state index contributed by atoms with van der Waals surface area (Å²) in [7, 11) is 0. The Morgan fingerprint density at radius 3 is 2.54 bits per heavy atom. The monoisotopic (exact) mass is 392 g/mol. The van der Waals surface area contributed by atoms with E-state index in [-0.39, 0.29) is 0 Å². The Morgan fingerprint density at radius 2 is 1.88 bits per heavy atom. The third-order valence-corrected chi connectivity index (χ3v) is 4.11. The molecular formula is C18H18Cl2N4O2. The van der Waals surface area contributed by atoms with Crippen LogP contribution in [0, 0.1) is 0 Å². The molecule has 0 aliphatic heterocycles. The first-order valence-corrected chi connectivity index (χ1v) is 8.74. The number of nitrogens with zero attached hydrogens (tertiary/aromatic N) is 3. The lowest BCUT2D eigenvalue weighted by atomic mass is 10.2. The Kier molecular flexibility index (Phi) is 5.07. The second kappa shape index (κ2) is 7.13. The van der Waals surface area contributed by atoms with Gasteiger partial charge in [0.15, 0.2) is 5.65 Å². The Labute approximate surface area is 161 Å². The van der Waals surface area contributed by atoms with Gasteiger partial charge in [-0.15, -0.1) is 0 Å². The number of carbonyl (C=O) groups excluding carboxylic acids is 1. The first-order chi connectivity index (χ1) is 12.2. The number of rotatable bonds is 3. The van der Waals surface area contributed by atoms with Gasteiger partial charge in [0.05, 0.1) is 5.39 Å². The molecule has 3 aromatic rings. The molecule has 2 heterocycles. The van der Waals surface area contributed by atoms with Crippen LogP contribution in [0.2, 0.25) is 10.3 Å². The number of halogens is 2. The zero-order chi connectivity index (χ0) is 18.9. The van der Waals surface area contributed by atoms with Crippen molar-refractivity contribution in [3.63, 3.8) is 0 Å². The summed E-state index contributed by atoms with van der Waals surface area (Å²) in [6.07, 6.45) is 0.948. The second-order valence-corrected chi connectivity index (χ2v) is 7.47. The summed E-state index contributed by atoms with van der Waals surface area (Å²) < 4.78 is 7.01. The number of ether oxygens (including phenoxy) is 1. The number of hydrogen-bond donors (Lipinski definition) is 1. The minimum atomic E-state index is -0.525. The number of alkyl carbamates (subject to hydrolysis) is 1. The molecule has 0 fully saturated rings. The molecule has 1 aromatic carbocycles. The van der Waals surface area contributed by atoms with E-state index in [1.165, 1.54) is 6.33 Å². The van der Waals surface area contributed by atoms with Crippen LogP contribution in [-0.2, 0) is 11.3 Å². The maximum absolute atomic E-state index is 11.7. The largest absolute Gasteiger partial charge is 0.444 e. The maximum atomic E-state index is 11.7. The van der Waals surface area contributed by atoms with Crippen LogP contribution in [0.3, 0.4) is 0 Å². The van der Waals surface area contributed by atoms with Gasteiger partial charge in [-0.1, -0.05) is 35.3 Å². The van der Waals surface area contributed by atoms with Gasteiger partial charge >= 0.3 is 6.09 Å². The predicted molar refractivity (Wildman–Crippen MR) is 102 cm³/mol. The molecule has 0 spiro atoms. The van der Waals surface area contributed by atoms with Crippen LogP contribution >= 0.6 is 23.2 Å². The van der Waals surface area contributed by atoms with E-state index in [4.69, 9.17) is 27.9 Å². The first kappa shape index (κ1) is 18.5. The normalized spacial score (nSPS) is 11.6. The molecule has 2 aromatic heterocycles. The molecule has 8 heteroatoms. The fourth-order valence-corrected chi connectivity index (χ4v) is 2.92. The van der Waals surface area contributed by atoms with Gasteiger partial charge in [0.25, 0.3) is 0 Å². The number of aromatic nitrogens is 3. The van der Waals surface area contributed by atoms with Crippen molar-refractivity contribution < 1.29 is 9.53 Å². The van der Waals surface area contributed by atoms with Crippen LogP contribution in [0.5, 0.6) is 0 Å². The van der Waals surface area contributed by atoms with Crippen molar-refractivity contribution in [2.45, 2.75) is 32.9 Å². The van der Waals surface area contributed by atoms with Gasteiger partial charge < -0.3 is 10.1 Å². The summed E-state index contributed by atoms with van der Waals surface area (Å²) >= 11 is 12.4. The van der Waals surface area contributed by atoms with Crippen LogP contribution in [0.1, 0.15) is 26.3 Å². The highest BCUT2D eigenvalue weighted by Gasteiger charge is 2.16. The molecule has 0 atom stereocenters. The Hall–Kier alpha value is -2.31. The van der Waals surface area contributed by atoms with Crippen LogP contribution in [0.15, 0.2) is 36.7 Å². The molecule has 6 nitrogen and oxygen atoms in total. The van der Waals surface area contributed by atoms with Gasteiger partial charge in [-0.05, 0) is 44.5 Å². The summed E-state index contributed by atoms with van der Waals surface area (Å²) in [5.41, 5.74) is 1.87. The van der Waals surface area contributed by atoms with Crippen molar-refractivity contribution in [3.05, 3.63) is 52.5 Å². The van der Waals surface area contributed by atoms with E-state index >= 15 is 0 Å². The smallest absolute Gasteiger partial charge is 0.407 e. The summed E-state index contributed by atoms with van der Waals surface area (Å²) in [5.74, 6) is 0. The highest BCUT2D eigenvalue weighted by molar-refractivity contribution is 6.36. The second-order valence-electron chi connectivity index (χ2n) is 6.73. The zero-order valence-electron chi connectivity index (χ0n) is 14.6. The third kappa shape index (κ3) is 4.08. The molecule has 0 aliphatic carbocycles. The van der Waals surface area contributed by atoms with E-state index in [1.54, 1.807) is 10.6 Å². The van der Waals surface area contributed by atoms with Gasteiger partial charge in [0.1, 0.15) is 22.2 Å². The van der Waals surface area contributed by atoms with E-state index in [2.05, 4.69) is 15.3 Å². The lowest BCUT2D eigenvalue weighted by molar-refractivity contribution is 0.0523. The summed E-state index contributed by atoms with van der Waals surface area (Å²) in [5, 5.41) is 4.26. The Balaban J connectivity index is 1.78. The minimum absolute atomic E-state index is 0.355. The van der Waals surface area contributed by atoms with Crippen molar-refractivity contribution in [3.8, 4) is 5.69 Å². The average Bonchev–Trinajstić information content (AvgIpc) is 2.89. The topological polar surface area (TPSA) is 69.0 Å². The molecule has 136 valence electrons. The summed E-state index contributed by atoms with van der Waals surface area (Å²) in [4.78, 5) is 20.0. The van der Waals surface area contributed by atoms with Gasteiger partial charge in [0, 0.05) is 12.2 Å². The number of carbonyl (C=O) groups is 1. The highest BCUT2D eigenvalue weighted by Crippen LogP contribution is 2.29. The summed E-state index contributed by atoms with van der Waals surface area (Å²) in [6.45, 7) is 5.83. The fraction of sp³-hybridized carbons (Fsp3) is 0.278. The van der Waals surface area contributed by atoms with Crippen LogP contribution in [-0.4, -0.2) is 26.2 Å². The van der Waals surface area contributed by atoms with Gasteiger partial charge in [-0.25, -0.2) is 14.8 Å². The van der Waals surface area contributed by atoms with Crippen molar-refractivity contribution in [1.82, 2.24) is 19.9 Å². The van der Waals surface area contributed by atoms with Crippen molar-refractivity contribution in [2.75, 3.05) is 0 Å². The lowest BCUT2D eigenvalue weighted by Gasteiger charge is -2.19. The zero-order valence-corrected chi connectivity index (χ0v) is 16.1. The number of hydrogen-bond acceptors (Lipinski definition) is 4. The Morgan fingerprint density at radius 1 is 1.19 bits per heavy atom. The molecule has 1 amide bonds.